The third-order valence-corrected chi connectivity index (χ3v) is 6.76. The molecule has 0 aliphatic carbocycles. The van der Waals surface area contributed by atoms with Crippen LogP contribution in [-0.4, -0.2) is 96.1 Å². The van der Waals surface area contributed by atoms with E-state index in [-0.39, 0.29) is 11.3 Å². The van der Waals surface area contributed by atoms with Gasteiger partial charge in [-0.2, -0.15) is 0 Å². The predicted molar refractivity (Wildman–Crippen MR) is 176 cm³/mol. The maximum Gasteiger partial charge on any atom is 0.408 e. The van der Waals surface area contributed by atoms with Gasteiger partial charge in [0.1, 0.15) is 23.7 Å². The van der Waals surface area contributed by atoms with E-state index in [0.29, 0.717) is 0 Å². The molecule has 1 aromatic rings. The Balaban J connectivity index is 3.12. The molecule has 7 N–H and O–H groups in total. The van der Waals surface area contributed by atoms with Crippen molar-refractivity contribution >= 4 is 53.0 Å². The number of carbonyl (C=O) groups is 8. The third kappa shape index (κ3) is 13.4. The molecule has 16 nitrogen and oxygen atoms in total. The van der Waals surface area contributed by atoms with E-state index in [2.05, 4.69) is 26.6 Å². The van der Waals surface area contributed by atoms with Crippen LogP contribution in [0.15, 0.2) is 24.3 Å². The van der Waals surface area contributed by atoms with Crippen molar-refractivity contribution in [2.45, 2.75) is 91.6 Å². The fourth-order valence-electron chi connectivity index (χ4n) is 4.09. The molecule has 266 valence electrons. The van der Waals surface area contributed by atoms with Gasteiger partial charge in [-0.15, -0.1) is 0 Å². The monoisotopic (exact) mass is 675 g/mol. The normalized spacial score (nSPS) is 13.7. The van der Waals surface area contributed by atoms with Crippen LogP contribution in [0.3, 0.4) is 0 Å². The first kappa shape index (κ1) is 41.0. The van der Waals surface area contributed by atoms with Gasteiger partial charge in [-0.25, -0.2) is 4.79 Å². The number of ether oxygens (including phenoxy) is 1. The van der Waals surface area contributed by atoms with Crippen molar-refractivity contribution in [2.75, 3.05) is 19.4 Å². The number of alkyl carbamates (subject to hydrolysis) is 1. The van der Waals surface area contributed by atoms with Crippen LogP contribution in [0.4, 0.5) is 10.5 Å². The van der Waals surface area contributed by atoms with Gasteiger partial charge in [-0.3, -0.25) is 33.6 Å². The quantitative estimate of drug-likeness (QED) is 0.141. The van der Waals surface area contributed by atoms with E-state index in [1.807, 2.05) is 0 Å². The maximum atomic E-state index is 13.5. The molecule has 0 heterocycles. The highest BCUT2D eigenvalue weighted by atomic mass is 16.6. The molecule has 0 saturated carbocycles. The summed E-state index contributed by atoms with van der Waals surface area (Å²) in [7, 11) is 2.90. The van der Waals surface area contributed by atoms with Crippen LogP contribution in [0.25, 0.3) is 0 Å². The highest BCUT2D eigenvalue weighted by Gasteiger charge is 2.35. The number of hydrogen-bond donors (Lipinski definition) is 6. The second kappa shape index (κ2) is 17.8. The zero-order valence-corrected chi connectivity index (χ0v) is 29.2. The molecular weight excluding hydrogens is 626 g/mol. The summed E-state index contributed by atoms with van der Waals surface area (Å²) in [5.74, 6) is -6.76. The lowest BCUT2D eigenvalue weighted by molar-refractivity contribution is -0.139. The highest BCUT2D eigenvalue weighted by Crippen LogP contribution is 2.12. The lowest BCUT2D eigenvalue weighted by atomic mass is 9.99. The number of primary amides is 1. The fourth-order valence-corrected chi connectivity index (χ4v) is 4.09. The second-order valence-electron chi connectivity index (χ2n) is 13.1. The summed E-state index contributed by atoms with van der Waals surface area (Å²) in [5, 5.41) is 12.3. The third-order valence-electron chi connectivity index (χ3n) is 6.76. The number of nitrogens with two attached hydrogens (primary N) is 1. The molecule has 0 bridgehead atoms. The average molecular weight is 676 g/mol. The zero-order valence-electron chi connectivity index (χ0n) is 29.2. The van der Waals surface area contributed by atoms with Crippen LogP contribution in [0.2, 0.25) is 0 Å². The second-order valence-corrected chi connectivity index (χ2v) is 13.1. The maximum absolute atomic E-state index is 13.5. The summed E-state index contributed by atoms with van der Waals surface area (Å²) in [6, 6.07) is 0.410. The molecule has 0 aromatic heterocycles. The first-order chi connectivity index (χ1) is 22.0. The zero-order chi connectivity index (χ0) is 37.1. The Kier molecular flexibility index (Phi) is 15.2. The molecule has 16 heteroatoms. The Hall–Kier alpha value is -5.02. The standard InChI is InChI=1S/C32H49N7O9/c1-16(2)23(37-29(45)24(17(3)4)38-31(47)48-32(6,7)8)28(44)36-21(15-22(40)39(9)10)27(43)34-18(5)25(41)30(46)35-20-13-11-12-19(14-20)26(33)42/h11-14,16-18,21,23-24H,15H2,1-10H3,(H2,33,42)(H,34,43)(H,35,46)(H,36,44)(H,37,45)(H,38,47)/t18?,21-,23-,24-/m0/s1. The molecule has 1 aromatic carbocycles. The summed E-state index contributed by atoms with van der Waals surface area (Å²) in [5.41, 5.74) is 4.65. The van der Waals surface area contributed by atoms with Gasteiger partial charge in [-0.05, 0) is 57.7 Å². The minimum atomic E-state index is -1.50. The Morgan fingerprint density at radius 3 is 1.83 bits per heavy atom. The lowest BCUT2D eigenvalue weighted by Crippen LogP contribution is -2.60. The fraction of sp³-hybridized carbons (Fsp3) is 0.562. The lowest BCUT2D eigenvalue weighted by Gasteiger charge is -2.29. The topological polar surface area (TPSA) is 235 Å². The Morgan fingerprint density at radius 2 is 1.33 bits per heavy atom. The van der Waals surface area contributed by atoms with Gasteiger partial charge in [-0.1, -0.05) is 33.8 Å². The smallest absolute Gasteiger partial charge is 0.408 e. The van der Waals surface area contributed by atoms with Crippen LogP contribution in [-0.2, 0) is 33.5 Å². The van der Waals surface area contributed by atoms with E-state index < -0.39 is 95.3 Å². The van der Waals surface area contributed by atoms with Crippen LogP contribution >= 0.6 is 0 Å². The number of anilines is 1. The van der Waals surface area contributed by atoms with Crippen molar-refractivity contribution in [2.24, 2.45) is 17.6 Å². The molecule has 1 unspecified atom stereocenters. The number of benzene rings is 1. The van der Waals surface area contributed by atoms with Gasteiger partial charge in [0.25, 0.3) is 5.91 Å². The molecule has 1 rings (SSSR count). The molecule has 0 aliphatic heterocycles. The number of nitrogens with zero attached hydrogens (tertiary/aromatic N) is 1. The number of hydrogen-bond acceptors (Lipinski definition) is 9. The summed E-state index contributed by atoms with van der Waals surface area (Å²) in [4.78, 5) is 103. The van der Waals surface area contributed by atoms with Gasteiger partial charge < -0.3 is 42.0 Å². The average Bonchev–Trinajstić information content (AvgIpc) is 2.96. The number of rotatable bonds is 15. The predicted octanol–water partition coefficient (Wildman–Crippen LogP) is 0.451. The first-order valence-electron chi connectivity index (χ1n) is 15.4. The number of amides is 7. The Morgan fingerprint density at radius 1 is 0.792 bits per heavy atom. The SMILES string of the molecule is CC(NC(=O)[C@H](CC(=O)N(C)C)NC(=O)[C@@H](NC(=O)[C@@H](NC(=O)OC(C)(C)C)C(C)C)C(C)C)C(=O)C(=O)Nc1cccc(C(N)=O)c1. The summed E-state index contributed by atoms with van der Waals surface area (Å²) in [6.45, 7) is 12.9. The number of Topliss-reactive ketones (excluding diaryl/α,β-unsaturated/α-hetero) is 1. The minimum Gasteiger partial charge on any atom is -0.444 e. The van der Waals surface area contributed by atoms with E-state index >= 15 is 0 Å². The molecule has 0 aliphatic rings. The molecule has 0 spiro atoms. The van der Waals surface area contributed by atoms with Gasteiger partial charge in [0.05, 0.1) is 12.5 Å². The van der Waals surface area contributed by atoms with Crippen molar-refractivity contribution < 1.29 is 43.1 Å². The van der Waals surface area contributed by atoms with Crippen LogP contribution < -0.4 is 32.3 Å². The van der Waals surface area contributed by atoms with E-state index in [0.717, 1.165) is 0 Å². The number of carbonyl (C=O) groups excluding carboxylic acids is 8. The van der Waals surface area contributed by atoms with Gasteiger partial charge in [0, 0.05) is 25.3 Å². The van der Waals surface area contributed by atoms with Gasteiger partial charge >= 0.3 is 6.09 Å². The van der Waals surface area contributed by atoms with Crippen molar-refractivity contribution in [3.05, 3.63) is 29.8 Å². The van der Waals surface area contributed by atoms with Crippen molar-refractivity contribution in [3.8, 4) is 0 Å². The van der Waals surface area contributed by atoms with Gasteiger partial charge in [0.2, 0.25) is 35.3 Å². The van der Waals surface area contributed by atoms with Gasteiger partial charge in [0.15, 0.2) is 0 Å². The summed E-state index contributed by atoms with van der Waals surface area (Å²) >= 11 is 0. The minimum absolute atomic E-state index is 0.0978. The van der Waals surface area contributed by atoms with Crippen molar-refractivity contribution in [1.29, 1.82) is 0 Å². The van der Waals surface area contributed by atoms with E-state index in [1.165, 1.54) is 50.2 Å². The highest BCUT2D eigenvalue weighted by molar-refractivity contribution is 6.42. The molecule has 0 fully saturated rings. The molecule has 4 atom stereocenters. The number of nitrogens with one attached hydrogen (secondary N) is 5. The van der Waals surface area contributed by atoms with Crippen molar-refractivity contribution in [1.82, 2.24) is 26.2 Å². The van der Waals surface area contributed by atoms with E-state index in [1.54, 1.807) is 48.5 Å². The Labute approximate surface area is 280 Å². The first-order valence-corrected chi connectivity index (χ1v) is 15.4. The number of ketones is 1. The van der Waals surface area contributed by atoms with Crippen LogP contribution in [0.1, 0.15) is 72.2 Å². The van der Waals surface area contributed by atoms with Crippen molar-refractivity contribution in [3.63, 3.8) is 0 Å². The molecule has 48 heavy (non-hydrogen) atoms. The van der Waals surface area contributed by atoms with Crippen LogP contribution in [0, 0.1) is 11.8 Å². The van der Waals surface area contributed by atoms with E-state index in [4.69, 9.17) is 10.5 Å². The molecule has 0 radical (unpaired) electrons. The molecule has 0 saturated heterocycles. The van der Waals surface area contributed by atoms with Crippen LogP contribution in [0.5, 0.6) is 0 Å². The van der Waals surface area contributed by atoms with E-state index in [9.17, 15) is 38.4 Å². The molecular formula is C32H49N7O9. The summed E-state index contributed by atoms with van der Waals surface area (Å²) in [6.07, 6.45) is -1.33. The largest absolute Gasteiger partial charge is 0.444 e. The molecule has 7 amide bonds. The summed E-state index contributed by atoms with van der Waals surface area (Å²) < 4.78 is 5.25. The Bertz CT molecular complexity index is 1390.